The summed E-state index contributed by atoms with van der Waals surface area (Å²) in [7, 11) is 0. The zero-order valence-corrected chi connectivity index (χ0v) is 14.6. The van der Waals surface area contributed by atoms with Crippen molar-refractivity contribution in [1.82, 2.24) is 0 Å². The zero-order chi connectivity index (χ0) is 16.2. The molecule has 0 bridgehead atoms. The number of allylic oxidation sites excluding steroid dienone is 1. The second kappa shape index (κ2) is 5.47. The first-order valence-electron chi connectivity index (χ1n) is 9.72. The Morgan fingerprint density at radius 3 is 2.83 bits per heavy atom. The highest BCUT2D eigenvalue weighted by Crippen LogP contribution is 2.64. The lowest BCUT2D eigenvalue weighted by atomic mass is 9.49. The molecule has 0 amide bonds. The van der Waals surface area contributed by atoms with Crippen LogP contribution in [0.4, 0.5) is 0 Å². The van der Waals surface area contributed by atoms with Gasteiger partial charge in [-0.15, -0.1) is 0 Å². The van der Waals surface area contributed by atoms with E-state index in [2.05, 4.69) is 19.9 Å². The molecule has 23 heavy (non-hydrogen) atoms. The van der Waals surface area contributed by atoms with Gasteiger partial charge >= 0.3 is 0 Å². The minimum absolute atomic E-state index is 0.264. The highest BCUT2D eigenvalue weighted by atomic mass is 16.1. The summed E-state index contributed by atoms with van der Waals surface area (Å²) in [6, 6.07) is 2.63. The van der Waals surface area contributed by atoms with Crippen LogP contribution >= 0.6 is 0 Å². The van der Waals surface area contributed by atoms with E-state index in [1.165, 1.54) is 37.7 Å². The largest absolute Gasteiger partial charge is 0.295 e. The van der Waals surface area contributed by atoms with Crippen molar-refractivity contribution in [3.05, 3.63) is 11.6 Å². The molecular formula is C21H29NO. The smallest absolute Gasteiger partial charge is 0.155 e. The summed E-state index contributed by atoms with van der Waals surface area (Å²) >= 11 is 0. The van der Waals surface area contributed by atoms with Gasteiger partial charge in [-0.2, -0.15) is 5.26 Å². The summed E-state index contributed by atoms with van der Waals surface area (Å²) < 4.78 is 0. The van der Waals surface area contributed by atoms with E-state index in [0.29, 0.717) is 17.6 Å². The molecule has 0 aromatic rings. The summed E-state index contributed by atoms with van der Waals surface area (Å²) in [5, 5.41) is 9.58. The maximum atomic E-state index is 11.9. The Morgan fingerprint density at radius 2 is 2.09 bits per heavy atom. The molecule has 0 aromatic carbocycles. The molecule has 1 unspecified atom stereocenters. The van der Waals surface area contributed by atoms with Crippen molar-refractivity contribution in [3.8, 4) is 6.07 Å². The van der Waals surface area contributed by atoms with E-state index in [-0.39, 0.29) is 11.3 Å². The first kappa shape index (κ1) is 15.4. The molecule has 0 aliphatic heterocycles. The van der Waals surface area contributed by atoms with Crippen LogP contribution in [0.5, 0.6) is 0 Å². The Balaban J connectivity index is 1.68. The number of carbonyl (C=O) groups is 1. The van der Waals surface area contributed by atoms with Gasteiger partial charge in [0.05, 0.1) is 12.0 Å². The first-order valence-corrected chi connectivity index (χ1v) is 9.72. The summed E-state index contributed by atoms with van der Waals surface area (Å²) in [5.74, 6) is 4.26. The van der Waals surface area contributed by atoms with E-state index in [0.717, 1.165) is 37.0 Å². The Hall–Kier alpha value is -1.10. The zero-order valence-electron chi connectivity index (χ0n) is 14.6. The van der Waals surface area contributed by atoms with Gasteiger partial charge in [-0.25, -0.2) is 0 Å². The van der Waals surface area contributed by atoms with E-state index < -0.39 is 0 Å². The summed E-state index contributed by atoms with van der Waals surface area (Å²) in [4.78, 5) is 11.9. The van der Waals surface area contributed by atoms with Gasteiger partial charge in [-0.3, -0.25) is 4.79 Å². The third kappa shape index (κ3) is 2.15. The molecule has 3 fully saturated rings. The van der Waals surface area contributed by atoms with Gasteiger partial charge in [-0.05, 0) is 86.0 Å². The standard InChI is InChI=1S/C21H29NO/c1-3-13-10-19-17(16-6-5-15(23)11-18(13)16)8-9-21(2)14(12-22)4-7-20(19)21/h11,13-14,16-17,19-20H,3-10H2,1-2H3/t13?,14-,16-,17-,19-,20+,21-/m1/s1. The molecule has 7 atom stereocenters. The Kier molecular flexibility index (Phi) is 3.67. The molecule has 0 radical (unpaired) electrons. The normalized spacial score (nSPS) is 48.7. The van der Waals surface area contributed by atoms with Gasteiger partial charge in [0.1, 0.15) is 0 Å². The maximum absolute atomic E-state index is 11.9. The SMILES string of the molecule is CCC1C[C@@H]2[C@H](CC[C@]3(C)[C@@H](C#N)CC[C@@H]23)[C@H]2CCC(=O)C=C12. The van der Waals surface area contributed by atoms with Gasteiger partial charge in [-0.1, -0.05) is 19.4 Å². The van der Waals surface area contributed by atoms with Crippen molar-refractivity contribution >= 4 is 5.78 Å². The number of fused-ring (bicyclic) bond motifs is 5. The van der Waals surface area contributed by atoms with Crippen LogP contribution in [-0.4, -0.2) is 5.78 Å². The van der Waals surface area contributed by atoms with Gasteiger partial charge in [0.2, 0.25) is 0 Å². The van der Waals surface area contributed by atoms with Crippen molar-refractivity contribution in [2.75, 3.05) is 0 Å². The summed E-state index contributed by atoms with van der Waals surface area (Å²) in [6.07, 6.45) is 11.2. The third-order valence-electron chi connectivity index (χ3n) is 8.14. The molecular weight excluding hydrogens is 282 g/mol. The van der Waals surface area contributed by atoms with Crippen LogP contribution in [-0.2, 0) is 4.79 Å². The topological polar surface area (TPSA) is 40.9 Å². The molecule has 4 rings (SSSR count). The Labute approximate surface area is 140 Å². The highest BCUT2D eigenvalue weighted by Gasteiger charge is 2.57. The van der Waals surface area contributed by atoms with Crippen molar-refractivity contribution < 1.29 is 4.79 Å². The number of nitrogens with zero attached hydrogens (tertiary/aromatic N) is 1. The lowest BCUT2D eigenvalue weighted by molar-refractivity contribution is -0.116. The van der Waals surface area contributed by atoms with Crippen LogP contribution in [0.3, 0.4) is 0 Å². The fourth-order valence-corrected chi connectivity index (χ4v) is 6.95. The lowest BCUT2D eigenvalue weighted by Crippen LogP contribution is -2.48. The monoisotopic (exact) mass is 311 g/mol. The number of hydrogen-bond donors (Lipinski definition) is 0. The van der Waals surface area contributed by atoms with E-state index in [1.54, 1.807) is 0 Å². The fourth-order valence-electron chi connectivity index (χ4n) is 6.95. The first-order chi connectivity index (χ1) is 11.1. The summed E-state index contributed by atoms with van der Waals surface area (Å²) in [6.45, 7) is 4.70. The average molecular weight is 311 g/mol. The third-order valence-corrected chi connectivity index (χ3v) is 8.14. The lowest BCUT2D eigenvalue weighted by Gasteiger charge is -2.55. The van der Waals surface area contributed by atoms with Gasteiger partial charge in [0.25, 0.3) is 0 Å². The molecule has 0 aromatic heterocycles. The van der Waals surface area contributed by atoms with Crippen molar-refractivity contribution in [3.63, 3.8) is 0 Å². The minimum Gasteiger partial charge on any atom is -0.295 e. The molecule has 0 saturated heterocycles. The van der Waals surface area contributed by atoms with Crippen molar-refractivity contribution in [1.29, 1.82) is 5.26 Å². The van der Waals surface area contributed by atoms with Crippen LogP contribution in [0.1, 0.15) is 65.2 Å². The van der Waals surface area contributed by atoms with Gasteiger partial charge < -0.3 is 0 Å². The van der Waals surface area contributed by atoms with Crippen LogP contribution in [0.25, 0.3) is 0 Å². The second-order valence-corrected chi connectivity index (χ2v) is 8.83. The Bertz CT molecular complexity index is 585. The van der Waals surface area contributed by atoms with Gasteiger partial charge in [0, 0.05) is 6.42 Å². The van der Waals surface area contributed by atoms with Crippen molar-refractivity contribution in [2.45, 2.75) is 65.2 Å². The van der Waals surface area contributed by atoms with Crippen LogP contribution < -0.4 is 0 Å². The molecule has 3 saturated carbocycles. The molecule has 2 nitrogen and oxygen atoms in total. The van der Waals surface area contributed by atoms with Crippen LogP contribution in [0.15, 0.2) is 11.6 Å². The minimum atomic E-state index is 0.264. The number of nitriles is 1. The molecule has 0 heterocycles. The van der Waals surface area contributed by atoms with E-state index in [1.807, 2.05) is 6.08 Å². The highest BCUT2D eigenvalue weighted by molar-refractivity contribution is 5.91. The predicted molar refractivity (Wildman–Crippen MR) is 90.4 cm³/mol. The average Bonchev–Trinajstić information content (AvgIpc) is 2.90. The van der Waals surface area contributed by atoms with Gasteiger partial charge in [0.15, 0.2) is 5.78 Å². The Morgan fingerprint density at radius 1 is 1.26 bits per heavy atom. The molecule has 0 spiro atoms. The molecule has 4 aliphatic rings. The fraction of sp³-hybridized carbons (Fsp3) is 0.810. The molecule has 4 aliphatic carbocycles. The van der Waals surface area contributed by atoms with Crippen LogP contribution in [0, 0.1) is 52.3 Å². The number of rotatable bonds is 1. The van der Waals surface area contributed by atoms with Crippen LogP contribution in [0.2, 0.25) is 0 Å². The quantitative estimate of drug-likeness (QED) is 0.690. The van der Waals surface area contributed by atoms with E-state index in [4.69, 9.17) is 0 Å². The molecule has 2 heteroatoms. The number of carbonyl (C=O) groups excluding carboxylic acids is 1. The molecule has 0 N–H and O–H groups in total. The number of hydrogen-bond acceptors (Lipinski definition) is 2. The van der Waals surface area contributed by atoms with E-state index >= 15 is 0 Å². The predicted octanol–water partition coefficient (Wildman–Crippen LogP) is 4.90. The molecule has 124 valence electrons. The van der Waals surface area contributed by atoms with E-state index in [9.17, 15) is 10.1 Å². The summed E-state index contributed by atoms with van der Waals surface area (Å²) in [5.41, 5.74) is 1.77. The maximum Gasteiger partial charge on any atom is 0.155 e. The second-order valence-electron chi connectivity index (χ2n) is 8.83. The number of ketones is 1. The van der Waals surface area contributed by atoms with Crippen molar-refractivity contribution in [2.24, 2.45) is 40.9 Å².